The molecule has 2 rings (SSSR count). The van der Waals surface area contributed by atoms with Gasteiger partial charge in [0, 0.05) is 11.8 Å². The van der Waals surface area contributed by atoms with Gasteiger partial charge in [-0.3, -0.25) is 0 Å². The predicted molar refractivity (Wildman–Crippen MR) is 76.4 cm³/mol. The first kappa shape index (κ1) is 16.0. The highest BCUT2D eigenvalue weighted by Gasteiger charge is 2.27. The van der Waals surface area contributed by atoms with Crippen LogP contribution in [0.4, 0.5) is 19.3 Å². The topological polar surface area (TPSA) is 74.5 Å². The maximum Gasteiger partial charge on any atom is 0.319 e. The fraction of sp³-hybridized carbons (Fsp3) is 0.267. The Balaban J connectivity index is 1.93. The molecule has 2 amide bonds. The van der Waals surface area contributed by atoms with Gasteiger partial charge in [0.2, 0.25) is 0 Å². The number of anilines is 1. The Kier molecular flexibility index (Phi) is 4.46. The summed E-state index contributed by atoms with van der Waals surface area (Å²) in [5.41, 5.74) is -1.29. The van der Waals surface area contributed by atoms with Crippen molar-refractivity contribution in [1.82, 2.24) is 5.32 Å². The van der Waals surface area contributed by atoms with Crippen molar-refractivity contribution in [2.75, 3.05) is 11.9 Å². The molecule has 22 heavy (non-hydrogen) atoms. The molecule has 0 radical (unpaired) electrons. The van der Waals surface area contributed by atoms with Gasteiger partial charge in [-0.25, -0.2) is 13.6 Å². The van der Waals surface area contributed by atoms with Crippen molar-refractivity contribution >= 4 is 11.7 Å². The fourth-order valence-corrected chi connectivity index (χ4v) is 1.81. The number of halogens is 2. The zero-order valence-electron chi connectivity index (χ0n) is 12.1. The summed E-state index contributed by atoms with van der Waals surface area (Å²) in [6.07, 6.45) is 0. The molecule has 1 heterocycles. The number of hydrogen-bond acceptors (Lipinski definition) is 3. The molecule has 5 nitrogen and oxygen atoms in total. The number of carbonyl (C=O) groups is 1. The van der Waals surface area contributed by atoms with Crippen molar-refractivity contribution < 1.29 is 23.1 Å². The van der Waals surface area contributed by atoms with Gasteiger partial charge in [0.15, 0.2) is 11.6 Å². The quantitative estimate of drug-likeness (QED) is 0.813. The van der Waals surface area contributed by atoms with E-state index in [0.29, 0.717) is 11.5 Å². The van der Waals surface area contributed by atoms with Gasteiger partial charge in [-0.1, -0.05) is 0 Å². The summed E-state index contributed by atoms with van der Waals surface area (Å²) in [6, 6.07) is 5.66. The number of aryl methyl sites for hydroxylation is 1. The van der Waals surface area contributed by atoms with Gasteiger partial charge in [-0.2, -0.15) is 0 Å². The third kappa shape index (κ3) is 3.82. The molecule has 1 aromatic heterocycles. The number of carbonyl (C=O) groups excluding carboxylic acids is 1. The smallest absolute Gasteiger partial charge is 0.319 e. The molecule has 1 atom stereocenters. The number of aliphatic hydroxyl groups is 1. The van der Waals surface area contributed by atoms with E-state index in [-0.39, 0.29) is 12.2 Å². The molecule has 1 aromatic carbocycles. The third-order valence-corrected chi connectivity index (χ3v) is 3.04. The Morgan fingerprint density at radius 1 is 1.27 bits per heavy atom. The Morgan fingerprint density at radius 2 is 2.00 bits per heavy atom. The second-order valence-corrected chi connectivity index (χ2v) is 5.12. The largest absolute Gasteiger partial charge is 0.463 e. The number of furan rings is 1. The molecule has 0 saturated carbocycles. The van der Waals surface area contributed by atoms with Crippen molar-refractivity contribution in [3.8, 4) is 0 Å². The summed E-state index contributed by atoms with van der Waals surface area (Å²) in [5, 5.41) is 15.0. The van der Waals surface area contributed by atoms with E-state index >= 15 is 0 Å². The molecular weight excluding hydrogens is 294 g/mol. The first-order chi connectivity index (χ1) is 10.3. The van der Waals surface area contributed by atoms with Gasteiger partial charge in [0.05, 0.1) is 6.54 Å². The van der Waals surface area contributed by atoms with Crippen LogP contribution in [0.5, 0.6) is 0 Å². The molecule has 1 unspecified atom stereocenters. The van der Waals surface area contributed by atoms with Crippen LogP contribution in [0, 0.1) is 18.6 Å². The standard InChI is InChI=1S/C15H16F2N2O3/c1-9-3-6-13(22-9)15(2,21)8-18-14(20)19-10-4-5-11(16)12(17)7-10/h3-7,21H,8H2,1-2H3,(H2,18,19,20). The van der Waals surface area contributed by atoms with Gasteiger partial charge >= 0.3 is 6.03 Å². The minimum absolute atomic E-state index is 0.102. The Morgan fingerprint density at radius 3 is 2.59 bits per heavy atom. The predicted octanol–water partition coefficient (Wildman–Crippen LogP) is 2.90. The van der Waals surface area contributed by atoms with Crippen LogP contribution in [-0.4, -0.2) is 17.7 Å². The first-order valence-corrected chi connectivity index (χ1v) is 6.57. The molecule has 0 bridgehead atoms. The number of rotatable bonds is 4. The number of nitrogens with one attached hydrogen (secondary N) is 2. The van der Waals surface area contributed by atoms with E-state index in [4.69, 9.17) is 4.42 Å². The summed E-state index contributed by atoms with van der Waals surface area (Å²) in [7, 11) is 0. The van der Waals surface area contributed by atoms with E-state index in [1.54, 1.807) is 19.1 Å². The highest BCUT2D eigenvalue weighted by Crippen LogP contribution is 2.22. The molecule has 7 heteroatoms. The summed E-state index contributed by atoms with van der Waals surface area (Å²) < 4.78 is 31.1. The molecular formula is C15H16F2N2O3. The van der Waals surface area contributed by atoms with Crippen LogP contribution < -0.4 is 10.6 Å². The lowest BCUT2D eigenvalue weighted by atomic mass is 10.0. The van der Waals surface area contributed by atoms with Gasteiger partial charge in [0.1, 0.15) is 17.1 Å². The lowest BCUT2D eigenvalue weighted by molar-refractivity contribution is 0.0364. The molecule has 0 aliphatic heterocycles. The number of amides is 2. The van der Waals surface area contributed by atoms with E-state index in [1.165, 1.54) is 13.0 Å². The summed E-state index contributed by atoms with van der Waals surface area (Å²) in [5.74, 6) is -1.10. The number of benzene rings is 1. The summed E-state index contributed by atoms with van der Waals surface area (Å²) >= 11 is 0. The SMILES string of the molecule is Cc1ccc(C(C)(O)CNC(=O)Nc2ccc(F)c(F)c2)o1. The number of urea groups is 1. The fourth-order valence-electron chi connectivity index (χ4n) is 1.81. The van der Waals surface area contributed by atoms with Crippen LogP contribution in [0.25, 0.3) is 0 Å². The van der Waals surface area contributed by atoms with Crippen molar-refractivity contribution in [2.45, 2.75) is 19.4 Å². The second kappa shape index (κ2) is 6.15. The minimum Gasteiger partial charge on any atom is -0.463 e. The number of hydrogen-bond donors (Lipinski definition) is 3. The van der Waals surface area contributed by atoms with Crippen molar-refractivity contribution in [3.63, 3.8) is 0 Å². The van der Waals surface area contributed by atoms with Crippen molar-refractivity contribution in [2.24, 2.45) is 0 Å². The van der Waals surface area contributed by atoms with Gasteiger partial charge < -0.3 is 20.2 Å². The summed E-state index contributed by atoms with van der Waals surface area (Å²) in [6.45, 7) is 3.11. The average Bonchev–Trinajstić information content (AvgIpc) is 2.88. The lowest BCUT2D eigenvalue weighted by Crippen LogP contribution is -2.40. The average molecular weight is 310 g/mol. The molecule has 0 fully saturated rings. The summed E-state index contributed by atoms with van der Waals surface area (Å²) in [4.78, 5) is 11.7. The van der Waals surface area contributed by atoms with Gasteiger partial charge in [-0.15, -0.1) is 0 Å². The van der Waals surface area contributed by atoms with Crippen LogP contribution in [0.15, 0.2) is 34.7 Å². The molecule has 2 aromatic rings. The Bertz CT molecular complexity index is 683. The molecule has 0 spiro atoms. The van der Waals surface area contributed by atoms with Crippen LogP contribution >= 0.6 is 0 Å². The zero-order valence-corrected chi connectivity index (χ0v) is 12.1. The Labute approximate surface area is 125 Å². The normalized spacial score (nSPS) is 13.5. The van der Waals surface area contributed by atoms with E-state index in [1.807, 2.05) is 0 Å². The Hall–Kier alpha value is -2.41. The van der Waals surface area contributed by atoms with Crippen LogP contribution in [-0.2, 0) is 5.60 Å². The minimum atomic E-state index is -1.39. The van der Waals surface area contributed by atoms with Crippen LogP contribution in [0.3, 0.4) is 0 Å². The van der Waals surface area contributed by atoms with Gasteiger partial charge in [-0.05, 0) is 38.1 Å². The zero-order chi connectivity index (χ0) is 16.3. The van der Waals surface area contributed by atoms with E-state index < -0.39 is 23.3 Å². The van der Waals surface area contributed by atoms with Crippen molar-refractivity contribution in [1.29, 1.82) is 0 Å². The monoisotopic (exact) mass is 310 g/mol. The van der Waals surface area contributed by atoms with Crippen LogP contribution in [0.2, 0.25) is 0 Å². The van der Waals surface area contributed by atoms with Gasteiger partial charge in [0.25, 0.3) is 0 Å². The third-order valence-electron chi connectivity index (χ3n) is 3.04. The molecule has 3 N–H and O–H groups in total. The van der Waals surface area contributed by atoms with E-state index in [9.17, 15) is 18.7 Å². The highest BCUT2D eigenvalue weighted by molar-refractivity contribution is 5.89. The van der Waals surface area contributed by atoms with E-state index in [2.05, 4.69) is 10.6 Å². The molecule has 0 saturated heterocycles. The highest BCUT2D eigenvalue weighted by atomic mass is 19.2. The van der Waals surface area contributed by atoms with Crippen LogP contribution in [0.1, 0.15) is 18.4 Å². The maximum absolute atomic E-state index is 13.0. The lowest BCUT2D eigenvalue weighted by Gasteiger charge is -2.21. The molecule has 0 aliphatic rings. The van der Waals surface area contributed by atoms with E-state index in [0.717, 1.165) is 12.1 Å². The van der Waals surface area contributed by atoms with Crippen molar-refractivity contribution in [3.05, 3.63) is 53.5 Å². The first-order valence-electron chi connectivity index (χ1n) is 6.57. The molecule has 118 valence electrons. The maximum atomic E-state index is 13.0. The molecule has 0 aliphatic carbocycles. The second-order valence-electron chi connectivity index (χ2n) is 5.12.